The first-order valence-electron chi connectivity index (χ1n) is 3.23. The Morgan fingerprint density at radius 3 is 1.90 bits per heavy atom. The van der Waals surface area contributed by atoms with E-state index < -0.39 is 10.5 Å². The van der Waals surface area contributed by atoms with E-state index in [0.717, 1.165) is 0 Å². The van der Waals surface area contributed by atoms with E-state index in [1.54, 1.807) is 13.8 Å². The molecule has 58 valence electrons. The van der Waals surface area contributed by atoms with Crippen LogP contribution in [0.15, 0.2) is 0 Å². The van der Waals surface area contributed by atoms with E-state index >= 15 is 0 Å². The molecule has 10 heavy (non-hydrogen) atoms. The van der Waals surface area contributed by atoms with Crippen molar-refractivity contribution in [1.29, 1.82) is 0 Å². The maximum absolute atomic E-state index is 10.3. The van der Waals surface area contributed by atoms with Crippen LogP contribution in [0.4, 0.5) is 0 Å². The van der Waals surface area contributed by atoms with Crippen molar-refractivity contribution >= 4 is 6.29 Å². The van der Waals surface area contributed by atoms with Crippen molar-refractivity contribution in [3.8, 4) is 0 Å². The molecule has 0 atom stereocenters. The van der Waals surface area contributed by atoms with Gasteiger partial charge in [-0.05, 0) is 0 Å². The molecule has 0 aliphatic carbocycles. The Morgan fingerprint density at radius 2 is 1.90 bits per heavy atom. The maximum atomic E-state index is 10.3. The molecular weight excluding hydrogens is 134 g/mol. The van der Waals surface area contributed by atoms with Crippen molar-refractivity contribution in [2.24, 2.45) is 0 Å². The van der Waals surface area contributed by atoms with Crippen molar-refractivity contribution in [3.05, 3.63) is 10.1 Å². The second kappa shape index (κ2) is 3.29. The van der Waals surface area contributed by atoms with Gasteiger partial charge in [0.15, 0.2) is 6.29 Å². The smallest absolute Gasteiger partial charge is 0.275 e. The maximum Gasteiger partial charge on any atom is 0.275 e. The second-order valence-electron chi connectivity index (χ2n) is 2.19. The third-order valence-corrected chi connectivity index (χ3v) is 1.81. The zero-order valence-corrected chi connectivity index (χ0v) is 6.16. The topological polar surface area (TPSA) is 60.2 Å². The Bertz CT molecular complexity index is 140. The van der Waals surface area contributed by atoms with Crippen LogP contribution in [0.3, 0.4) is 0 Å². The fourth-order valence-corrected chi connectivity index (χ4v) is 0.718. The number of rotatable bonds is 4. The third kappa shape index (κ3) is 1.32. The van der Waals surface area contributed by atoms with Crippen LogP contribution in [0.25, 0.3) is 0 Å². The Balaban J connectivity index is 4.46. The van der Waals surface area contributed by atoms with Crippen LogP contribution in [0.1, 0.15) is 26.7 Å². The number of carbonyl (C=O) groups excluding carboxylic acids is 1. The fraction of sp³-hybridized carbons (Fsp3) is 0.833. The van der Waals surface area contributed by atoms with Crippen LogP contribution in [0, 0.1) is 10.1 Å². The van der Waals surface area contributed by atoms with Gasteiger partial charge in [0.2, 0.25) is 0 Å². The number of nitro groups is 1. The van der Waals surface area contributed by atoms with Gasteiger partial charge in [-0.25, -0.2) is 0 Å². The molecule has 0 bridgehead atoms. The summed E-state index contributed by atoms with van der Waals surface area (Å²) >= 11 is 0. The average Bonchev–Trinajstić information content (AvgIpc) is 1.92. The minimum absolute atomic E-state index is 0.264. The van der Waals surface area contributed by atoms with Crippen molar-refractivity contribution in [3.63, 3.8) is 0 Å². The molecule has 0 aromatic carbocycles. The Hall–Kier alpha value is -0.930. The summed E-state index contributed by atoms with van der Waals surface area (Å²) in [5, 5.41) is 10.3. The Morgan fingerprint density at radius 1 is 1.50 bits per heavy atom. The molecule has 0 aliphatic heterocycles. The molecular formula is C6H11NO3. The lowest BCUT2D eigenvalue weighted by Crippen LogP contribution is -2.38. The summed E-state index contributed by atoms with van der Waals surface area (Å²) in [6.45, 7) is 3.28. The highest BCUT2D eigenvalue weighted by Gasteiger charge is 2.38. The van der Waals surface area contributed by atoms with E-state index in [2.05, 4.69) is 0 Å². The highest BCUT2D eigenvalue weighted by Crippen LogP contribution is 2.15. The molecule has 0 amide bonds. The lowest BCUT2D eigenvalue weighted by atomic mass is 9.96. The van der Waals surface area contributed by atoms with Gasteiger partial charge in [-0.2, -0.15) is 0 Å². The normalized spacial score (nSPS) is 11.0. The third-order valence-electron chi connectivity index (χ3n) is 1.81. The monoisotopic (exact) mass is 145 g/mol. The van der Waals surface area contributed by atoms with Crippen LogP contribution in [0.2, 0.25) is 0 Å². The minimum atomic E-state index is -1.33. The summed E-state index contributed by atoms with van der Waals surface area (Å²) in [7, 11) is 0. The standard InChI is InChI=1S/C6H11NO3/c1-3-6(4-2,5-8)7(9)10/h5H,3-4H2,1-2H3. The fourth-order valence-electron chi connectivity index (χ4n) is 0.718. The lowest BCUT2D eigenvalue weighted by molar-refractivity contribution is -0.550. The first-order chi connectivity index (χ1) is 4.63. The van der Waals surface area contributed by atoms with Crippen LogP contribution < -0.4 is 0 Å². The minimum Gasteiger partial charge on any atom is -0.295 e. The molecule has 0 aromatic heterocycles. The van der Waals surface area contributed by atoms with Crippen LogP contribution in [0.5, 0.6) is 0 Å². The van der Waals surface area contributed by atoms with Gasteiger partial charge in [-0.15, -0.1) is 0 Å². The number of hydrogen-bond donors (Lipinski definition) is 0. The molecule has 0 heterocycles. The van der Waals surface area contributed by atoms with Gasteiger partial charge >= 0.3 is 0 Å². The molecule has 0 saturated carbocycles. The molecule has 4 heteroatoms. The van der Waals surface area contributed by atoms with Crippen LogP contribution in [-0.4, -0.2) is 16.7 Å². The zero-order chi connectivity index (χ0) is 8.20. The predicted octanol–water partition coefficient (Wildman–Crippen LogP) is 1.02. The van der Waals surface area contributed by atoms with E-state index in [-0.39, 0.29) is 12.8 Å². The SMILES string of the molecule is CCC(C=O)(CC)[N+](=O)[O-]. The van der Waals surface area contributed by atoms with E-state index in [9.17, 15) is 14.9 Å². The molecule has 0 rings (SSSR count). The summed E-state index contributed by atoms with van der Waals surface area (Å²) < 4.78 is 0. The summed E-state index contributed by atoms with van der Waals surface area (Å²) in [5.41, 5.74) is -1.33. The number of nitrogens with zero attached hydrogens (tertiary/aromatic N) is 1. The Kier molecular flexibility index (Phi) is 2.99. The molecule has 0 fully saturated rings. The van der Waals surface area contributed by atoms with Gasteiger partial charge in [0.25, 0.3) is 5.54 Å². The highest BCUT2D eigenvalue weighted by atomic mass is 16.6. The van der Waals surface area contributed by atoms with Gasteiger partial charge < -0.3 is 0 Å². The zero-order valence-electron chi connectivity index (χ0n) is 6.16. The molecule has 0 aromatic rings. The van der Waals surface area contributed by atoms with E-state index in [1.165, 1.54) is 0 Å². The first-order valence-corrected chi connectivity index (χ1v) is 3.23. The Labute approximate surface area is 59.4 Å². The summed E-state index contributed by atoms with van der Waals surface area (Å²) in [6.07, 6.45) is 0.951. The molecule has 0 spiro atoms. The van der Waals surface area contributed by atoms with Gasteiger partial charge in [-0.3, -0.25) is 14.9 Å². The van der Waals surface area contributed by atoms with E-state index in [0.29, 0.717) is 6.29 Å². The molecule has 0 saturated heterocycles. The molecule has 0 unspecified atom stereocenters. The predicted molar refractivity (Wildman–Crippen MR) is 36.4 cm³/mol. The second-order valence-corrected chi connectivity index (χ2v) is 2.19. The van der Waals surface area contributed by atoms with Gasteiger partial charge in [-0.1, -0.05) is 13.8 Å². The van der Waals surface area contributed by atoms with Gasteiger partial charge in [0, 0.05) is 17.8 Å². The van der Waals surface area contributed by atoms with Gasteiger partial charge in [0.1, 0.15) is 0 Å². The summed E-state index contributed by atoms with van der Waals surface area (Å²) in [5.74, 6) is 0. The van der Waals surface area contributed by atoms with E-state index in [4.69, 9.17) is 0 Å². The summed E-state index contributed by atoms with van der Waals surface area (Å²) in [4.78, 5) is 20.1. The summed E-state index contributed by atoms with van der Waals surface area (Å²) in [6, 6.07) is 0. The van der Waals surface area contributed by atoms with E-state index in [1.807, 2.05) is 0 Å². The van der Waals surface area contributed by atoms with Gasteiger partial charge in [0.05, 0.1) is 0 Å². The molecule has 0 aliphatic rings. The lowest BCUT2D eigenvalue weighted by Gasteiger charge is -2.13. The molecule has 0 N–H and O–H groups in total. The van der Waals surface area contributed by atoms with Crippen molar-refractivity contribution < 1.29 is 9.72 Å². The number of carbonyl (C=O) groups is 1. The van der Waals surface area contributed by atoms with Crippen LogP contribution >= 0.6 is 0 Å². The van der Waals surface area contributed by atoms with Crippen molar-refractivity contribution in [2.75, 3.05) is 0 Å². The first kappa shape index (κ1) is 9.07. The molecule has 0 radical (unpaired) electrons. The number of aldehydes is 1. The number of hydrogen-bond acceptors (Lipinski definition) is 3. The largest absolute Gasteiger partial charge is 0.295 e. The van der Waals surface area contributed by atoms with Crippen molar-refractivity contribution in [2.45, 2.75) is 32.2 Å². The van der Waals surface area contributed by atoms with Crippen LogP contribution in [-0.2, 0) is 4.79 Å². The quantitative estimate of drug-likeness (QED) is 0.337. The highest BCUT2D eigenvalue weighted by molar-refractivity contribution is 5.61. The molecule has 4 nitrogen and oxygen atoms in total. The average molecular weight is 145 g/mol. The van der Waals surface area contributed by atoms with Crippen molar-refractivity contribution in [1.82, 2.24) is 0 Å².